The second kappa shape index (κ2) is 5.33. The van der Waals surface area contributed by atoms with Gasteiger partial charge in [0.2, 0.25) is 0 Å². The summed E-state index contributed by atoms with van der Waals surface area (Å²) in [7, 11) is 0. The fraction of sp³-hybridized carbons (Fsp3) is 0.294. The second-order valence-corrected chi connectivity index (χ2v) is 5.65. The van der Waals surface area contributed by atoms with E-state index < -0.39 is 17.2 Å². The van der Waals surface area contributed by atoms with Crippen LogP contribution in [0.2, 0.25) is 0 Å². The van der Waals surface area contributed by atoms with Crippen molar-refractivity contribution in [2.45, 2.75) is 32.7 Å². The van der Waals surface area contributed by atoms with Crippen LogP contribution in [0.15, 0.2) is 36.4 Å². The standard InChI is InChI=1S/C17H19F2N/c1-11-4-5-12(2)15(8-11)17(3,20)10-13-9-14(18)6-7-16(13)19/h4-9H,10,20H2,1-3H3. The maximum atomic E-state index is 13.8. The lowest BCUT2D eigenvalue weighted by Gasteiger charge is -2.28. The molecule has 1 atom stereocenters. The minimum Gasteiger partial charge on any atom is -0.321 e. The zero-order valence-electron chi connectivity index (χ0n) is 12.0. The van der Waals surface area contributed by atoms with Gasteiger partial charge in [0, 0.05) is 5.54 Å². The van der Waals surface area contributed by atoms with Gasteiger partial charge in [0.1, 0.15) is 11.6 Å². The highest BCUT2D eigenvalue weighted by atomic mass is 19.1. The minimum absolute atomic E-state index is 0.251. The molecule has 2 rings (SSSR count). The van der Waals surface area contributed by atoms with Crippen molar-refractivity contribution in [1.29, 1.82) is 0 Å². The zero-order valence-corrected chi connectivity index (χ0v) is 12.0. The van der Waals surface area contributed by atoms with Crippen LogP contribution in [0, 0.1) is 25.5 Å². The van der Waals surface area contributed by atoms with Gasteiger partial charge in [-0.25, -0.2) is 8.78 Å². The second-order valence-electron chi connectivity index (χ2n) is 5.65. The summed E-state index contributed by atoms with van der Waals surface area (Å²) in [5, 5.41) is 0. The molecule has 2 aromatic rings. The lowest BCUT2D eigenvalue weighted by atomic mass is 9.83. The molecule has 1 nitrogen and oxygen atoms in total. The molecule has 106 valence electrons. The molecule has 20 heavy (non-hydrogen) atoms. The number of halogens is 2. The summed E-state index contributed by atoms with van der Waals surface area (Å²) >= 11 is 0. The van der Waals surface area contributed by atoms with Gasteiger partial charge in [-0.15, -0.1) is 0 Å². The molecular formula is C17H19F2N. The Labute approximate surface area is 118 Å². The number of rotatable bonds is 3. The molecule has 0 aliphatic carbocycles. The molecule has 0 fully saturated rings. The highest BCUT2D eigenvalue weighted by Gasteiger charge is 2.25. The van der Waals surface area contributed by atoms with Crippen molar-refractivity contribution in [3.63, 3.8) is 0 Å². The molecule has 0 heterocycles. The summed E-state index contributed by atoms with van der Waals surface area (Å²) in [4.78, 5) is 0. The average Bonchev–Trinajstić information content (AvgIpc) is 2.36. The van der Waals surface area contributed by atoms with Gasteiger partial charge in [-0.1, -0.05) is 23.8 Å². The normalized spacial score (nSPS) is 14.1. The molecule has 2 N–H and O–H groups in total. The Morgan fingerprint density at radius 1 is 1.05 bits per heavy atom. The van der Waals surface area contributed by atoms with Crippen molar-refractivity contribution in [3.05, 3.63) is 70.3 Å². The molecule has 0 spiro atoms. The number of benzene rings is 2. The van der Waals surface area contributed by atoms with Gasteiger partial charge in [-0.2, -0.15) is 0 Å². The Balaban J connectivity index is 2.40. The van der Waals surface area contributed by atoms with Crippen LogP contribution in [0.4, 0.5) is 8.78 Å². The molecule has 0 saturated heterocycles. The summed E-state index contributed by atoms with van der Waals surface area (Å²) < 4.78 is 27.0. The molecule has 0 aliphatic heterocycles. The Morgan fingerprint density at radius 3 is 2.45 bits per heavy atom. The highest BCUT2D eigenvalue weighted by molar-refractivity contribution is 5.37. The van der Waals surface area contributed by atoms with Crippen LogP contribution < -0.4 is 5.73 Å². The quantitative estimate of drug-likeness (QED) is 0.900. The van der Waals surface area contributed by atoms with E-state index in [0.29, 0.717) is 5.56 Å². The topological polar surface area (TPSA) is 26.0 Å². The molecule has 0 saturated carbocycles. The van der Waals surface area contributed by atoms with Crippen LogP contribution in [-0.2, 0) is 12.0 Å². The van der Waals surface area contributed by atoms with E-state index in [9.17, 15) is 8.78 Å². The van der Waals surface area contributed by atoms with Crippen molar-refractivity contribution >= 4 is 0 Å². The molecule has 0 aliphatic rings. The molecule has 3 heteroatoms. The lowest BCUT2D eigenvalue weighted by Crippen LogP contribution is -2.36. The number of nitrogens with two attached hydrogens (primary N) is 1. The monoisotopic (exact) mass is 275 g/mol. The average molecular weight is 275 g/mol. The molecule has 0 radical (unpaired) electrons. The van der Waals surface area contributed by atoms with E-state index in [1.54, 1.807) is 0 Å². The van der Waals surface area contributed by atoms with E-state index in [-0.39, 0.29) is 6.42 Å². The summed E-state index contributed by atoms with van der Waals surface area (Å²) in [6.45, 7) is 5.81. The Morgan fingerprint density at radius 2 is 1.75 bits per heavy atom. The van der Waals surface area contributed by atoms with Crippen molar-refractivity contribution in [2.75, 3.05) is 0 Å². The van der Waals surface area contributed by atoms with E-state index in [1.807, 2.05) is 39.0 Å². The van der Waals surface area contributed by atoms with Gasteiger partial charge >= 0.3 is 0 Å². The molecular weight excluding hydrogens is 256 g/mol. The van der Waals surface area contributed by atoms with Crippen LogP contribution in [0.5, 0.6) is 0 Å². The minimum atomic E-state index is -0.745. The fourth-order valence-corrected chi connectivity index (χ4v) is 2.52. The van der Waals surface area contributed by atoms with Gasteiger partial charge < -0.3 is 5.73 Å². The number of hydrogen-bond donors (Lipinski definition) is 1. The lowest BCUT2D eigenvalue weighted by molar-refractivity contribution is 0.469. The van der Waals surface area contributed by atoms with E-state index in [4.69, 9.17) is 5.73 Å². The molecule has 0 aromatic heterocycles. The predicted octanol–water partition coefficient (Wildman–Crippen LogP) is 4.00. The Hall–Kier alpha value is -1.74. The Bertz CT molecular complexity index is 633. The first kappa shape index (κ1) is 14.7. The number of aryl methyl sites for hydroxylation is 2. The van der Waals surface area contributed by atoms with Crippen molar-refractivity contribution in [1.82, 2.24) is 0 Å². The summed E-state index contributed by atoms with van der Waals surface area (Å²) in [6, 6.07) is 9.49. The van der Waals surface area contributed by atoms with E-state index in [1.165, 1.54) is 6.07 Å². The van der Waals surface area contributed by atoms with Crippen LogP contribution >= 0.6 is 0 Å². The predicted molar refractivity (Wildman–Crippen MR) is 77.5 cm³/mol. The molecule has 2 aromatic carbocycles. The summed E-state index contributed by atoms with van der Waals surface area (Å²) in [5.41, 5.74) is 9.04. The smallest absolute Gasteiger partial charge is 0.126 e. The Kier molecular flexibility index (Phi) is 3.91. The highest BCUT2D eigenvalue weighted by Crippen LogP contribution is 2.27. The van der Waals surface area contributed by atoms with Gasteiger partial charge in [0.25, 0.3) is 0 Å². The number of hydrogen-bond acceptors (Lipinski definition) is 1. The van der Waals surface area contributed by atoms with E-state index in [2.05, 4.69) is 0 Å². The van der Waals surface area contributed by atoms with Crippen LogP contribution in [0.1, 0.15) is 29.2 Å². The first-order valence-electron chi connectivity index (χ1n) is 6.60. The summed E-state index contributed by atoms with van der Waals surface area (Å²) in [6.07, 6.45) is 0.251. The molecule has 1 unspecified atom stereocenters. The van der Waals surface area contributed by atoms with Gasteiger partial charge in [0.05, 0.1) is 0 Å². The van der Waals surface area contributed by atoms with Gasteiger partial charge in [0.15, 0.2) is 0 Å². The molecule has 0 bridgehead atoms. The third-order valence-corrected chi connectivity index (χ3v) is 3.57. The van der Waals surface area contributed by atoms with Crippen LogP contribution in [0.3, 0.4) is 0 Å². The first-order valence-corrected chi connectivity index (χ1v) is 6.60. The van der Waals surface area contributed by atoms with Gasteiger partial charge in [-0.3, -0.25) is 0 Å². The van der Waals surface area contributed by atoms with Crippen molar-refractivity contribution in [2.24, 2.45) is 5.73 Å². The van der Waals surface area contributed by atoms with Crippen molar-refractivity contribution in [3.8, 4) is 0 Å². The van der Waals surface area contributed by atoms with Crippen molar-refractivity contribution < 1.29 is 8.78 Å². The van der Waals surface area contributed by atoms with Crippen LogP contribution in [0.25, 0.3) is 0 Å². The third kappa shape index (κ3) is 3.05. The van der Waals surface area contributed by atoms with Crippen LogP contribution in [-0.4, -0.2) is 0 Å². The maximum absolute atomic E-state index is 13.8. The molecule has 0 amide bonds. The largest absolute Gasteiger partial charge is 0.321 e. The third-order valence-electron chi connectivity index (χ3n) is 3.57. The fourth-order valence-electron chi connectivity index (χ4n) is 2.52. The maximum Gasteiger partial charge on any atom is 0.126 e. The summed E-state index contributed by atoms with van der Waals surface area (Å²) in [5.74, 6) is -0.869. The van der Waals surface area contributed by atoms with E-state index in [0.717, 1.165) is 28.8 Å². The van der Waals surface area contributed by atoms with E-state index >= 15 is 0 Å². The first-order chi connectivity index (χ1) is 9.29. The van der Waals surface area contributed by atoms with Gasteiger partial charge in [-0.05, 0) is 62.1 Å². The SMILES string of the molecule is Cc1ccc(C)c(C(C)(N)Cc2cc(F)ccc2F)c1. The zero-order chi connectivity index (χ0) is 14.9.